The summed E-state index contributed by atoms with van der Waals surface area (Å²) in [5.41, 5.74) is 2.42. The molecule has 0 aliphatic heterocycles. The summed E-state index contributed by atoms with van der Waals surface area (Å²) < 4.78 is 24.2. The number of hydrogen-bond acceptors (Lipinski definition) is 3. The van der Waals surface area contributed by atoms with Crippen LogP contribution < -0.4 is 0 Å². The van der Waals surface area contributed by atoms with Crippen molar-refractivity contribution in [2.45, 2.75) is 6.16 Å². The van der Waals surface area contributed by atoms with Gasteiger partial charge in [-0.05, 0) is 43.0 Å². The maximum absolute atomic E-state index is 12.1. The fraction of sp³-hybridized carbons (Fsp3) is 0.0909. The van der Waals surface area contributed by atoms with Crippen LogP contribution in [0.25, 0.3) is 11.4 Å². The predicted molar refractivity (Wildman–Crippen MR) is 76.2 cm³/mol. The van der Waals surface area contributed by atoms with Crippen molar-refractivity contribution in [1.29, 1.82) is 0 Å². The number of nitrogens with zero attached hydrogens (tertiary/aromatic N) is 2. The third kappa shape index (κ3) is 4.24. The molecule has 2 heterocycles. The van der Waals surface area contributed by atoms with E-state index in [1.165, 1.54) is 0 Å². The highest BCUT2D eigenvalue weighted by Crippen LogP contribution is 2.62. The molecule has 18 heavy (non-hydrogen) atoms. The van der Waals surface area contributed by atoms with Crippen molar-refractivity contribution in [3.8, 4) is 11.4 Å². The Morgan fingerprint density at radius 3 is 2.67 bits per heavy atom. The van der Waals surface area contributed by atoms with E-state index in [1.807, 2.05) is 36.4 Å². The molecule has 0 radical (unpaired) electrons. The van der Waals surface area contributed by atoms with Gasteiger partial charge in [0.1, 0.15) is 0 Å². The zero-order valence-electron chi connectivity index (χ0n) is 9.25. The van der Waals surface area contributed by atoms with Crippen LogP contribution in [0.3, 0.4) is 0 Å². The molecule has 94 valence electrons. The molecule has 2 aromatic heterocycles. The van der Waals surface area contributed by atoms with Crippen LogP contribution in [0.1, 0.15) is 5.69 Å². The Morgan fingerprint density at radius 1 is 1.11 bits per heavy atom. The first-order chi connectivity index (χ1) is 8.75. The van der Waals surface area contributed by atoms with Crippen molar-refractivity contribution < 1.29 is 8.39 Å². The third-order valence-electron chi connectivity index (χ3n) is 2.12. The maximum Gasteiger partial charge on any atom is 0.331 e. The second kappa shape index (κ2) is 7.08. The minimum Gasteiger partial charge on any atom is -0.255 e. The molecule has 0 fully saturated rings. The Balaban J connectivity index is 2.06. The van der Waals surface area contributed by atoms with Gasteiger partial charge < -0.3 is 0 Å². The number of rotatable bonds is 5. The van der Waals surface area contributed by atoms with Crippen molar-refractivity contribution in [2.75, 3.05) is 0 Å². The first kappa shape index (κ1) is 13.8. The Morgan fingerprint density at radius 2 is 1.94 bits per heavy atom. The van der Waals surface area contributed by atoms with Crippen molar-refractivity contribution >= 4 is 26.5 Å². The molecule has 0 aliphatic carbocycles. The molecular formula is C11H10F2N2P2S. The molecule has 0 spiro atoms. The van der Waals surface area contributed by atoms with Crippen LogP contribution in [0, 0.1) is 0 Å². The summed E-state index contributed by atoms with van der Waals surface area (Å²) in [4.78, 5) is 8.65. The number of halogens is 2. The van der Waals surface area contributed by atoms with Gasteiger partial charge in [0.15, 0.2) is 0 Å². The molecule has 2 aromatic rings. The maximum atomic E-state index is 12.1. The summed E-state index contributed by atoms with van der Waals surface area (Å²) in [6.07, 6.45) is 2.29. The predicted octanol–water partition coefficient (Wildman–Crippen LogP) is 5.14. The lowest BCUT2D eigenvalue weighted by molar-refractivity contribution is 0.775. The van der Waals surface area contributed by atoms with Crippen molar-refractivity contribution in [3.05, 3.63) is 48.3 Å². The van der Waals surface area contributed by atoms with Gasteiger partial charge in [0.05, 0.1) is 11.4 Å². The lowest BCUT2D eigenvalue weighted by atomic mass is 10.2. The van der Waals surface area contributed by atoms with E-state index in [4.69, 9.17) is 0 Å². The normalized spacial score (nSPS) is 11.5. The molecule has 0 saturated carbocycles. The Bertz CT molecular complexity index is 499. The van der Waals surface area contributed by atoms with E-state index in [1.54, 1.807) is 6.20 Å². The summed E-state index contributed by atoms with van der Waals surface area (Å²) in [6.45, 7) is 0. The molecule has 0 N–H and O–H groups in total. The van der Waals surface area contributed by atoms with E-state index >= 15 is 0 Å². The van der Waals surface area contributed by atoms with Gasteiger partial charge in [-0.25, -0.2) is 0 Å². The molecule has 2 rings (SSSR count). The van der Waals surface area contributed by atoms with Gasteiger partial charge in [-0.1, -0.05) is 12.1 Å². The van der Waals surface area contributed by atoms with Gasteiger partial charge in [-0.15, -0.1) is 0 Å². The lowest BCUT2D eigenvalue weighted by Crippen LogP contribution is -1.90. The lowest BCUT2D eigenvalue weighted by Gasteiger charge is -2.03. The molecule has 2 nitrogen and oxygen atoms in total. The van der Waals surface area contributed by atoms with Gasteiger partial charge in [0, 0.05) is 18.1 Å². The zero-order valence-corrected chi connectivity index (χ0v) is 12.0. The fourth-order valence-electron chi connectivity index (χ4n) is 1.39. The van der Waals surface area contributed by atoms with Gasteiger partial charge in [0.25, 0.3) is 0 Å². The van der Waals surface area contributed by atoms with E-state index in [0.717, 1.165) is 28.1 Å². The van der Waals surface area contributed by atoms with Crippen LogP contribution in [0.4, 0.5) is 8.39 Å². The first-order valence-electron chi connectivity index (χ1n) is 5.14. The summed E-state index contributed by atoms with van der Waals surface area (Å²) in [6, 6.07) is 11.2. The molecular weight excluding hydrogens is 292 g/mol. The highest BCUT2D eigenvalue weighted by molar-refractivity contribution is 8.80. The summed E-state index contributed by atoms with van der Waals surface area (Å²) >= 11 is 0.731. The number of aromatic nitrogens is 2. The molecule has 7 heteroatoms. The SMILES string of the molecule is FP(F)SPCc1cccc(-c2ccccn2)n1. The highest BCUT2D eigenvalue weighted by Gasteiger charge is 2.06. The quantitative estimate of drug-likeness (QED) is 0.715. The minimum atomic E-state index is -2.86. The molecule has 0 amide bonds. The second-order valence-electron chi connectivity index (χ2n) is 3.34. The Hall–Kier alpha value is -0.630. The summed E-state index contributed by atoms with van der Waals surface area (Å²) in [5, 5.41) is 0. The van der Waals surface area contributed by atoms with E-state index in [-0.39, 0.29) is 7.78 Å². The standard InChI is InChI=1S/C11H10F2N2P2S/c12-17(13)18-16-8-9-4-3-6-11(15-9)10-5-1-2-7-14-10/h1-7,16H,8H2. The average Bonchev–Trinajstić information content (AvgIpc) is 2.40. The summed E-state index contributed by atoms with van der Waals surface area (Å²) in [7, 11) is -2.70. The molecule has 0 bridgehead atoms. The topological polar surface area (TPSA) is 25.8 Å². The smallest absolute Gasteiger partial charge is 0.255 e. The largest absolute Gasteiger partial charge is 0.331 e. The van der Waals surface area contributed by atoms with Crippen molar-refractivity contribution in [1.82, 2.24) is 9.97 Å². The monoisotopic (exact) mass is 302 g/mol. The van der Waals surface area contributed by atoms with Crippen molar-refractivity contribution in [3.63, 3.8) is 0 Å². The Labute approximate surface area is 111 Å². The van der Waals surface area contributed by atoms with E-state index in [9.17, 15) is 8.39 Å². The average molecular weight is 302 g/mol. The van der Waals surface area contributed by atoms with Crippen LogP contribution >= 0.6 is 26.5 Å². The second-order valence-corrected chi connectivity index (χ2v) is 8.46. The molecule has 1 atom stereocenters. The molecule has 0 aromatic carbocycles. The van der Waals surface area contributed by atoms with Crippen LogP contribution in [0.5, 0.6) is 0 Å². The third-order valence-corrected chi connectivity index (χ3v) is 6.53. The van der Waals surface area contributed by atoms with Gasteiger partial charge in [-0.3, -0.25) is 9.97 Å². The number of hydrogen-bond donors (Lipinski definition) is 0. The molecule has 0 aliphatic rings. The van der Waals surface area contributed by atoms with Crippen LogP contribution in [0.15, 0.2) is 42.6 Å². The highest BCUT2D eigenvalue weighted by atomic mass is 33.1. The molecule has 1 unspecified atom stereocenters. The molecule has 0 saturated heterocycles. The Kier molecular flexibility index (Phi) is 5.43. The van der Waals surface area contributed by atoms with Crippen molar-refractivity contribution in [2.24, 2.45) is 0 Å². The number of pyridine rings is 2. The van der Waals surface area contributed by atoms with Gasteiger partial charge >= 0.3 is 7.74 Å². The van der Waals surface area contributed by atoms with Gasteiger partial charge in [-0.2, -0.15) is 8.39 Å². The van der Waals surface area contributed by atoms with E-state index < -0.39 is 7.74 Å². The van der Waals surface area contributed by atoms with Crippen LogP contribution in [0.2, 0.25) is 0 Å². The first-order valence-corrected chi connectivity index (χ1v) is 9.62. The van der Waals surface area contributed by atoms with E-state index in [0.29, 0.717) is 6.16 Å². The van der Waals surface area contributed by atoms with E-state index in [2.05, 4.69) is 9.97 Å². The minimum absolute atomic E-state index is 0.157. The van der Waals surface area contributed by atoms with Crippen LogP contribution in [-0.4, -0.2) is 9.97 Å². The zero-order chi connectivity index (χ0) is 12.8. The fourth-order valence-corrected chi connectivity index (χ4v) is 4.29. The van der Waals surface area contributed by atoms with Crippen LogP contribution in [-0.2, 0) is 6.16 Å². The van der Waals surface area contributed by atoms with Gasteiger partial charge in [0.2, 0.25) is 0 Å². The summed E-state index contributed by atoms with van der Waals surface area (Å²) in [5.74, 6) is 0.